The van der Waals surface area contributed by atoms with Crippen LogP contribution in [0.1, 0.15) is 62.4 Å². The second-order valence-electron chi connectivity index (χ2n) is 12.3. The molecule has 7 heteroatoms. The lowest BCUT2D eigenvalue weighted by molar-refractivity contribution is 0.0240. The van der Waals surface area contributed by atoms with Crippen LogP contribution < -0.4 is 4.90 Å². The number of nitrogens with zero attached hydrogens (tertiary/aromatic N) is 3. The van der Waals surface area contributed by atoms with Crippen molar-refractivity contribution in [3.63, 3.8) is 0 Å². The average molecular weight is 570 g/mol. The highest BCUT2D eigenvalue weighted by molar-refractivity contribution is 5.70. The largest absolute Gasteiger partial charge is 0.445 e. The van der Waals surface area contributed by atoms with Gasteiger partial charge in [-0.3, -0.25) is 4.90 Å². The number of piperazine rings is 1. The zero-order valence-corrected chi connectivity index (χ0v) is 25.3. The van der Waals surface area contributed by atoms with Crippen LogP contribution in [0.5, 0.6) is 0 Å². The van der Waals surface area contributed by atoms with Crippen molar-refractivity contribution in [1.82, 2.24) is 9.80 Å². The lowest BCUT2D eigenvalue weighted by atomic mass is 9.85. The molecule has 0 unspecified atom stereocenters. The molecule has 222 valence electrons. The van der Waals surface area contributed by atoms with E-state index in [0.29, 0.717) is 13.1 Å². The normalized spacial score (nSPS) is 17.7. The first-order chi connectivity index (χ1) is 20.2. The third-order valence-corrected chi connectivity index (χ3v) is 8.22. The summed E-state index contributed by atoms with van der Waals surface area (Å²) < 4.78 is 11.5. The van der Waals surface area contributed by atoms with Gasteiger partial charge in [-0.25, -0.2) is 9.59 Å². The van der Waals surface area contributed by atoms with Crippen molar-refractivity contribution >= 4 is 17.9 Å². The molecule has 1 aliphatic heterocycles. The molecule has 0 bridgehead atoms. The molecule has 42 heavy (non-hydrogen) atoms. The lowest BCUT2D eigenvalue weighted by Crippen LogP contribution is -2.50. The van der Waals surface area contributed by atoms with Crippen molar-refractivity contribution in [3.8, 4) is 0 Å². The van der Waals surface area contributed by atoms with Crippen molar-refractivity contribution in [2.45, 2.75) is 71.2 Å². The number of amides is 2. The van der Waals surface area contributed by atoms with Crippen molar-refractivity contribution in [2.75, 3.05) is 31.1 Å². The number of carbonyl (C=O) groups excluding carboxylic acids is 2. The van der Waals surface area contributed by atoms with Gasteiger partial charge >= 0.3 is 12.2 Å². The molecule has 3 aromatic rings. The molecule has 2 amide bonds. The van der Waals surface area contributed by atoms with E-state index in [1.807, 2.05) is 74.2 Å². The Labute approximate surface area is 250 Å². The van der Waals surface area contributed by atoms with Gasteiger partial charge in [0, 0.05) is 37.9 Å². The van der Waals surface area contributed by atoms with E-state index in [1.165, 1.54) is 16.8 Å². The smallest absolute Gasteiger partial charge is 0.410 e. The molecule has 0 N–H and O–H groups in total. The van der Waals surface area contributed by atoms with Crippen LogP contribution in [0.2, 0.25) is 0 Å². The summed E-state index contributed by atoms with van der Waals surface area (Å²) in [7, 11) is 0. The molecular weight excluding hydrogens is 526 g/mol. The molecule has 1 saturated heterocycles. The Hall–Kier alpha value is -4.00. The van der Waals surface area contributed by atoms with E-state index in [-0.39, 0.29) is 30.9 Å². The number of anilines is 1. The van der Waals surface area contributed by atoms with Gasteiger partial charge in [-0.2, -0.15) is 0 Å². The number of rotatable bonds is 6. The highest BCUT2D eigenvalue weighted by Crippen LogP contribution is 2.36. The molecule has 1 aliphatic carbocycles. The second kappa shape index (κ2) is 12.9. The monoisotopic (exact) mass is 569 g/mol. The second-order valence-corrected chi connectivity index (χ2v) is 12.3. The molecule has 0 aromatic heterocycles. The van der Waals surface area contributed by atoms with Crippen LogP contribution >= 0.6 is 0 Å². The van der Waals surface area contributed by atoms with Crippen molar-refractivity contribution in [2.24, 2.45) is 0 Å². The molecule has 3 aromatic carbocycles. The predicted molar refractivity (Wildman–Crippen MR) is 166 cm³/mol. The van der Waals surface area contributed by atoms with Crippen molar-refractivity contribution in [3.05, 3.63) is 101 Å². The fraction of sp³-hybridized carbons (Fsp3) is 0.429. The van der Waals surface area contributed by atoms with Crippen LogP contribution in [0.15, 0.2) is 78.9 Å². The standard InChI is InChI=1S/C35H43N3O4/c1-26(28-14-9-6-10-15-28)38(34(40)41-25-27-12-7-5-8-13-27)30-19-18-29-16-11-17-32(31(29)24-30)36-20-22-37(23-21-36)33(39)42-35(2,3)4/h5-17,26,30H,18-25H2,1-4H3/t26-,30-/m0/s1. The SMILES string of the molecule is C[C@@H](c1ccccc1)N(C(=O)OCc1ccccc1)[C@H]1CCc2cccc(N3CCN(C(=O)OC(C)(C)C)CC3)c2C1. The maximum Gasteiger partial charge on any atom is 0.410 e. The quantitative estimate of drug-likeness (QED) is 0.320. The van der Waals surface area contributed by atoms with E-state index in [1.54, 1.807) is 4.90 Å². The molecule has 0 saturated carbocycles. The van der Waals surface area contributed by atoms with Gasteiger partial charge in [0.2, 0.25) is 0 Å². The highest BCUT2D eigenvalue weighted by Gasteiger charge is 2.35. The van der Waals surface area contributed by atoms with Crippen molar-refractivity contribution < 1.29 is 19.1 Å². The van der Waals surface area contributed by atoms with E-state index in [4.69, 9.17) is 9.47 Å². The third-order valence-electron chi connectivity index (χ3n) is 8.22. The zero-order chi connectivity index (χ0) is 29.7. The van der Waals surface area contributed by atoms with Gasteiger partial charge in [0.15, 0.2) is 0 Å². The van der Waals surface area contributed by atoms with Gasteiger partial charge in [0.1, 0.15) is 12.2 Å². The first kappa shape index (κ1) is 29.5. The number of benzene rings is 3. The van der Waals surface area contributed by atoms with Gasteiger partial charge in [0.05, 0.1) is 6.04 Å². The summed E-state index contributed by atoms with van der Waals surface area (Å²) in [4.78, 5) is 32.5. The number of fused-ring (bicyclic) bond motifs is 1. The molecule has 5 rings (SSSR count). The first-order valence-electron chi connectivity index (χ1n) is 15.1. The summed E-state index contributed by atoms with van der Waals surface area (Å²) in [6.07, 6.45) is 2.00. The minimum absolute atomic E-state index is 0.000168. The van der Waals surface area contributed by atoms with Crippen LogP contribution in [-0.4, -0.2) is 59.8 Å². The number of hydrogen-bond acceptors (Lipinski definition) is 5. The summed E-state index contributed by atoms with van der Waals surface area (Å²) in [5.41, 5.74) is 5.38. The van der Waals surface area contributed by atoms with E-state index < -0.39 is 5.60 Å². The number of carbonyl (C=O) groups is 2. The van der Waals surface area contributed by atoms with Crippen LogP contribution in [0.25, 0.3) is 0 Å². The Bertz CT molecular complexity index is 1350. The maximum atomic E-state index is 13.8. The molecule has 0 spiro atoms. The Morgan fingerprint density at radius 2 is 1.57 bits per heavy atom. The topological polar surface area (TPSA) is 62.3 Å². The maximum absolute atomic E-state index is 13.8. The summed E-state index contributed by atoms with van der Waals surface area (Å²) in [6, 6.07) is 26.4. The molecule has 0 radical (unpaired) electrons. The zero-order valence-electron chi connectivity index (χ0n) is 25.3. The van der Waals surface area contributed by atoms with Gasteiger partial charge in [-0.15, -0.1) is 0 Å². The third kappa shape index (κ3) is 7.07. The van der Waals surface area contributed by atoms with E-state index in [0.717, 1.165) is 43.5 Å². The summed E-state index contributed by atoms with van der Waals surface area (Å²) in [5, 5.41) is 0. The Balaban J connectivity index is 1.34. The van der Waals surface area contributed by atoms with E-state index in [9.17, 15) is 9.59 Å². The Morgan fingerprint density at radius 1 is 0.905 bits per heavy atom. The lowest BCUT2D eigenvalue weighted by Gasteiger charge is -2.41. The van der Waals surface area contributed by atoms with Crippen LogP contribution in [-0.2, 0) is 28.9 Å². The van der Waals surface area contributed by atoms with Crippen LogP contribution in [0, 0.1) is 0 Å². The van der Waals surface area contributed by atoms with E-state index in [2.05, 4.69) is 42.2 Å². The molecule has 1 fully saturated rings. The fourth-order valence-electron chi connectivity index (χ4n) is 6.05. The van der Waals surface area contributed by atoms with Gasteiger partial charge in [-0.05, 0) is 75.3 Å². The first-order valence-corrected chi connectivity index (χ1v) is 15.1. The number of hydrogen-bond donors (Lipinski definition) is 0. The molecule has 2 atom stereocenters. The fourth-order valence-corrected chi connectivity index (χ4v) is 6.05. The average Bonchev–Trinajstić information content (AvgIpc) is 3.00. The summed E-state index contributed by atoms with van der Waals surface area (Å²) >= 11 is 0. The summed E-state index contributed by atoms with van der Waals surface area (Å²) in [6.45, 7) is 10.7. The molecule has 2 aliphatic rings. The minimum Gasteiger partial charge on any atom is -0.445 e. The van der Waals surface area contributed by atoms with Crippen LogP contribution in [0.3, 0.4) is 0 Å². The van der Waals surface area contributed by atoms with E-state index >= 15 is 0 Å². The number of ether oxygens (including phenoxy) is 2. The number of aryl methyl sites for hydroxylation is 1. The Kier molecular flexibility index (Phi) is 9.05. The highest BCUT2D eigenvalue weighted by atomic mass is 16.6. The van der Waals surface area contributed by atoms with Gasteiger partial charge in [0.25, 0.3) is 0 Å². The Morgan fingerprint density at radius 3 is 2.24 bits per heavy atom. The van der Waals surface area contributed by atoms with Crippen LogP contribution in [0.4, 0.5) is 15.3 Å². The van der Waals surface area contributed by atoms with Gasteiger partial charge in [-0.1, -0.05) is 72.8 Å². The molecule has 1 heterocycles. The minimum atomic E-state index is -0.507. The summed E-state index contributed by atoms with van der Waals surface area (Å²) in [5.74, 6) is 0. The van der Waals surface area contributed by atoms with Crippen molar-refractivity contribution in [1.29, 1.82) is 0 Å². The molecular formula is C35H43N3O4. The van der Waals surface area contributed by atoms with Gasteiger partial charge < -0.3 is 19.3 Å². The predicted octanol–water partition coefficient (Wildman–Crippen LogP) is 7.00. The molecule has 7 nitrogen and oxygen atoms in total.